The Labute approximate surface area is 120 Å². The maximum absolute atomic E-state index is 12.5. The van der Waals surface area contributed by atoms with Crippen molar-refractivity contribution in [2.75, 3.05) is 18.6 Å². The van der Waals surface area contributed by atoms with Gasteiger partial charge in [0.15, 0.2) is 0 Å². The number of thiophene rings is 1. The molecule has 0 unspecified atom stereocenters. The Morgan fingerprint density at radius 1 is 1.55 bits per heavy atom. The number of nitrogens with zero attached hydrogens (tertiary/aromatic N) is 3. The summed E-state index contributed by atoms with van der Waals surface area (Å²) in [6, 6.07) is 0. The molecule has 0 saturated heterocycles. The average molecular weight is 295 g/mol. The Balaban J connectivity index is 2.56. The van der Waals surface area contributed by atoms with Gasteiger partial charge >= 0.3 is 5.97 Å². The number of fused-ring (bicyclic) bond motifs is 1. The lowest BCUT2D eigenvalue weighted by Crippen LogP contribution is -2.39. The summed E-state index contributed by atoms with van der Waals surface area (Å²) in [5, 5.41) is 11.3. The van der Waals surface area contributed by atoms with Crippen molar-refractivity contribution in [3.05, 3.63) is 27.1 Å². The van der Waals surface area contributed by atoms with Gasteiger partial charge in [0.05, 0.1) is 5.39 Å². The highest BCUT2D eigenvalue weighted by atomic mass is 32.1. The summed E-state index contributed by atoms with van der Waals surface area (Å²) in [7, 11) is 1.82. The Bertz CT molecular complexity index is 705. The fourth-order valence-electron chi connectivity index (χ4n) is 2.06. The largest absolute Gasteiger partial charge is 0.477 e. The molecule has 20 heavy (non-hydrogen) atoms. The fourth-order valence-corrected chi connectivity index (χ4v) is 3.04. The predicted molar refractivity (Wildman–Crippen MR) is 79.5 cm³/mol. The van der Waals surface area contributed by atoms with E-state index in [0.717, 1.165) is 30.7 Å². The van der Waals surface area contributed by atoms with Crippen LogP contribution in [-0.2, 0) is 0 Å². The van der Waals surface area contributed by atoms with Crippen LogP contribution in [0.15, 0.2) is 11.1 Å². The van der Waals surface area contributed by atoms with E-state index < -0.39 is 5.97 Å². The lowest BCUT2D eigenvalue weighted by Gasteiger charge is -2.20. The summed E-state index contributed by atoms with van der Waals surface area (Å²) < 4.78 is 1.45. The Hall–Kier alpha value is -1.89. The molecule has 0 atom stereocenters. The van der Waals surface area contributed by atoms with Gasteiger partial charge in [0.25, 0.3) is 5.56 Å². The second-order valence-electron chi connectivity index (χ2n) is 4.67. The number of carboxylic acids is 1. The molecule has 1 N–H and O–H groups in total. The van der Waals surface area contributed by atoms with Gasteiger partial charge in [-0.2, -0.15) is 0 Å². The molecule has 2 heterocycles. The lowest BCUT2D eigenvalue weighted by molar-refractivity contribution is 0.0701. The second kappa shape index (κ2) is 5.62. The minimum Gasteiger partial charge on any atom is -0.477 e. The number of hydrogen-bond acceptors (Lipinski definition) is 5. The molecule has 0 aliphatic heterocycles. The van der Waals surface area contributed by atoms with Crippen LogP contribution in [0.1, 0.15) is 35.0 Å². The van der Waals surface area contributed by atoms with Gasteiger partial charge < -0.3 is 10.1 Å². The van der Waals surface area contributed by atoms with Crippen molar-refractivity contribution in [3.8, 4) is 0 Å². The van der Waals surface area contributed by atoms with E-state index in [1.807, 2.05) is 7.05 Å². The van der Waals surface area contributed by atoms with Gasteiger partial charge in [0, 0.05) is 13.6 Å². The second-order valence-corrected chi connectivity index (χ2v) is 5.67. The minimum atomic E-state index is -1.02. The monoisotopic (exact) mass is 295 g/mol. The first kappa shape index (κ1) is 14.5. The molecule has 6 nitrogen and oxygen atoms in total. The first-order valence-electron chi connectivity index (χ1n) is 6.42. The quantitative estimate of drug-likeness (QED) is 0.911. The van der Waals surface area contributed by atoms with Gasteiger partial charge in [-0.25, -0.2) is 14.5 Å². The van der Waals surface area contributed by atoms with Crippen molar-refractivity contribution in [2.24, 2.45) is 0 Å². The van der Waals surface area contributed by atoms with Gasteiger partial charge in [-0.15, -0.1) is 11.3 Å². The molecular formula is C13H17N3O3S. The van der Waals surface area contributed by atoms with Crippen molar-refractivity contribution in [1.29, 1.82) is 0 Å². The van der Waals surface area contributed by atoms with Crippen molar-refractivity contribution >= 4 is 27.5 Å². The standard InChI is InChI=1S/C13H17N3O3S/c1-4-5-6-15(3)16-7-14-11-9(12(16)17)8(2)10(20-11)13(18)19/h7H,4-6H2,1-3H3,(H,18,19). The molecule has 0 amide bonds. The van der Waals surface area contributed by atoms with E-state index in [1.54, 1.807) is 11.9 Å². The normalized spacial score (nSPS) is 10.9. The number of aryl methyl sites for hydroxylation is 1. The maximum Gasteiger partial charge on any atom is 0.346 e. The molecule has 2 aromatic rings. The van der Waals surface area contributed by atoms with Crippen molar-refractivity contribution in [1.82, 2.24) is 9.66 Å². The minimum absolute atomic E-state index is 0.179. The molecule has 0 spiro atoms. The molecule has 0 aliphatic rings. The summed E-state index contributed by atoms with van der Waals surface area (Å²) in [6.45, 7) is 4.49. The van der Waals surface area contributed by atoms with E-state index in [4.69, 9.17) is 5.11 Å². The van der Waals surface area contributed by atoms with Gasteiger partial charge in [0.2, 0.25) is 0 Å². The predicted octanol–water partition coefficient (Wildman–Crippen LogP) is 1.83. The molecule has 7 heteroatoms. The lowest BCUT2D eigenvalue weighted by atomic mass is 10.2. The summed E-state index contributed by atoms with van der Waals surface area (Å²) >= 11 is 1.04. The number of rotatable bonds is 5. The van der Waals surface area contributed by atoms with Crippen LogP contribution < -0.4 is 10.6 Å². The highest BCUT2D eigenvalue weighted by Gasteiger charge is 2.19. The molecule has 0 aromatic carbocycles. The maximum atomic E-state index is 12.5. The molecular weight excluding hydrogens is 278 g/mol. The first-order chi connectivity index (χ1) is 9.47. The summed E-state index contributed by atoms with van der Waals surface area (Å²) in [5.74, 6) is -1.02. The smallest absolute Gasteiger partial charge is 0.346 e. The highest BCUT2D eigenvalue weighted by molar-refractivity contribution is 7.20. The van der Waals surface area contributed by atoms with Crippen molar-refractivity contribution in [2.45, 2.75) is 26.7 Å². The average Bonchev–Trinajstić information content (AvgIpc) is 2.74. The molecule has 2 aromatic heterocycles. The third kappa shape index (κ3) is 2.40. The number of aromatic carboxylic acids is 1. The van der Waals surface area contributed by atoms with Gasteiger partial charge in [0.1, 0.15) is 16.0 Å². The van der Waals surface area contributed by atoms with Gasteiger partial charge in [-0.3, -0.25) is 4.79 Å². The Kier molecular flexibility index (Phi) is 4.08. The zero-order valence-corrected chi connectivity index (χ0v) is 12.5. The Morgan fingerprint density at radius 3 is 2.85 bits per heavy atom. The number of hydrogen-bond donors (Lipinski definition) is 1. The topological polar surface area (TPSA) is 75.4 Å². The van der Waals surface area contributed by atoms with Crippen LogP contribution in [0.5, 0.6) is 0 Å². The van der Waals surface area contributed by atoms with Crippen LogP contribution in [0.25, 0.3) is 10.2 Å². The summed E-state index contributed by atoms with van der Waals surface area (Å²) in [5.41, 5.74) is 0.281. The van der Waals surface area contributed by atoms with E-state index in [2.05, 4.69) is 11.9 Å². The summed E-state index contributed by atoms with van der Waals surface area (Å²) in [4.78, 5) is 28.5. The first-order valence-corrected chi connectivity index (χ1v) is 7.24. The van der Waals surface area contributed by atoms with Crippen LogP contribution in [0, 0.1) is 6.92 Å². The molecule has 2 rings (SSSR count). The SMILES string of the molecule is CCCCN(C)n1cnc2sc(C(=O)O)c(C)c2c1=O. The number of aromatic nitrogens is 2. The number of carbonyl (C=O) groups is 1. The van der Waals surface area contributed by atoms with E-state index in [0.29, 0.717) is 15.8 Å². The van der Waals surface area contributed by atoms with Crippen molar-refractivity contribution in [3.63, 3.8) is 0 Å². The molecule has 0 radical (unpaired) electrons. The van der Waals surface area contributed by atoms with Crippen LogP contribution >= 0.6 is 11.3 Å². The number of carboxylic acid groups (broad SMARTS) is 1. The van der Waals surface area contributed by atoms with E-state index >= 15 is 0 Å². The Morgan fingerprint density at radius 2 is 2.25 bits per heavy atom. The van der Waals surface area contributed by atoms with E-state index in [-0.39, 0.29) is 10.4 Å². The molecule has 0 saturated carbocycles. The van der Waals surface area contributed by atoms with Crippen molar-refractivity contribution < 1.29 is 9.90 Å². The van der Waals surface area contributed by atoms with Gasteiger partial charge in [-0.05, 0) is 18.9 Å². The zero-order valence-electron chi connectivity index (χ0n) is 11.7. The van der Waals surface area contributed by atoms with Crippen LogP contribution in [0.4, 0.5) is 0 Å². The third-order valence-corrected chi connectivity index (χ3v) is 4.42. The highest BCUT2D eigenvalue weighted by Crippen LogP contribution is 2.26. The third-order valence-electron chi connectivity index (χ3n) is 3.23. The number of unbranched alkanes of at least 4 members (excludes halogenated alkanes) is 1. The molecule has 108 valence electrons. The van der Waals surface area contributed by atoms with Crippen LogP contribution in [0.3, 0.4) is 0 Å². The fraction of sp³-hybridized carbons (Fsp3) is 0.462. The van der Waals surface area contributed by atoms with E-state index in [9.17, 15) is 9.59 Å². The molecule has 0 bridgehead atoms. The molecule has 0 fully saturated rings. The van der Waals surface area contributed by atoms with Crippen LogP contribution in [0.2, 0.25) is 0 Å². The zero-order chi connectivity index (χ0) is 14.9. The molecule has 0 aliphatic carbocycles. The summed E-state index contributed by atoms with van der Waals surface area (Å²) in [6.07, 6.45) is 3.47. The van der Waals surface area contributed by atoms with E-state index in [1.165, 1.54) is 11.0 Å². The van der Waals surface area contributed by atoms with Gasteiger partial charge in [-0.1, -0.05) is 13.3 Å². The van der Waals surface area contributed by atoms with Crippen LogP contribution in [-0.4, -0.2) is 34.3 Å².